The molecular formula is C19H24FN2O4S+. The molecule has 6 nitrogen and oxygen atoms in total. The molecule has 2 aliphatic rings. The van der Waals surface area contributed by atoms with E-state index in [4.69, 9.17) is 4.74 Å². The van der Waals surface area contributed by atoms with Gasteiger partial charge in [0.25, 0.3) is 0 Å². The average molecular weight is 395 g/mol. The Morgan fingerprint density at radius 2 is 2.04 bits per heavy atom. The topological polar surface area (TPSA) is 80.3 Å². The van der Waals surface area contributed by atoms with E-state index in [0.29, 0.717) is 17.7 Å². The van der Waals surface area contributed by atoms with Gasteiger partial charge in [0.05, 0.1) is 6.61 Å². The Bertz CT molecular complexity index is 774. The maximum atomic E-state index is 14.5. The second-order valence-corrected chi connectivity index (χ2v) is 7.94. The fraction of sp³-hybridized carbons (Fsp3) is 0.526. The van der Waals surface area contributed by atoms with Gasteiger partial charge in [-0.2, -0.15) is 11.8 Å². The summed E-state index contributed by atoms with van der Waals surface area (Å²) in [6, 6.07) is 5.56. The molecule has 0 aromatic heterocycles. The molecule has 8 heteroatoms. The van der Waals surface area contributed by atoms with E-state index in [9.17, 15) is 18.8 Å². The van der Waals surface area contributed by atoms with Crippen LogP contribution in [0.3, 0.4) is 0 Å². The van der Waals surface area contributed by atoms with Crippen LogP contribution in [0.4, 0.5) is 4.39 Å². The SMILES string of the molecule is CCOC(=O)[C@@]1(CCSC)[NH2+][C@@H](c2ccccc2F)[C@H]2C(=O)N(C)C(=O)[C@H]21. The van der Waals surface area contributed by atoms with Crippen molar-refractivity contribution in [2.24, 2.45) is 11.8 Å². The number of hydrogen-bond acceptors (Lipinski definition) is 5. The molecule has 0 unspecified atom stereocenters. The summed E-state index contributed by atoms with van der Waals surface area (Å²) in [5, 5.41) is 1.71. The van der Waals surface area contributed by atoms with Gasteiger partial charge in [0, 0.05) is 19.0 Å². The van der Waals surface area contributed by atoms with E-state index in [1.165, 1.54) is 13.1 Å². The fourth-order valence-corrected chi connectivity index (χ4v) is 4.91. The molecule has 3 rings (SSSR count). The summed E-state index contributed by atoms with van der Waals surface area (Å²) < 4.78 is 19.8. The van der Waals surface area contributed by atoms with Gasteiger partial charge in [-0.05, 0) is 25.0 Å². The molecule has 2 fully saturated rings. The highest BCUT2D eigenvalue weighted by Crippen LogP contribution is 2.46. The van der Waals surface area contributed by atoms with Crippen molar-refractivity contribution in [1.29, 1.82) is 0 Å². The number of nitrogens with two attached hydrogens (primary N) is 1. The Morgan fingerprint density at radius 1 is 1.33 bits per heavy atom. The number of carbonyl (C=O) groups is 3. The lowest BCUT2D eigenvalue weighted by Crippen LogP contribution is -2.98. The smallest absolute Gasteiger partial charge is 0.368 e. The molecular weight excluding hydrogens is 371 g/mol. The molecule has 0 spiro atoms. The minimum absolute atomic E-state index is 0.174. The Kier molecular flexibility index (Phi) is 5.58. The lowest BCUT2D eigenvalue weighted by atomic mass is 9.77. The van der Waals surface area contributed by atoms with Gasteiger partial charge < -0.3 is 10.1 Å². The van der Waals surface area contributed by atoms with Crippen LogP contribution >= 0.6 is 11.8 Å². The molecule has 146 valence electrons. The van der Waals surface area contributed by atoms with Crippen molar-refractivity contribution in [2.45, 2.75) is 24.9 Å². The summed E-state index contributed by atoms with van der Waals surface area (Å²) in [6.07, 6.45) is 2.28. The number of esters is 1. The minimum atomic E-state index is -1.23. The second kappa shape index (κ2) is 7.59. The van der Waals surface area contributed by atoms with Gasteiger partial charge in [0.15, 0.2) is 0 Å². The second-order valence-electron chi connectivity index (χ2n) is 6.96. The molecule has 4 atom stereocenters. The highest BCUT2D eigenvalue weighted by Gasteiger charge is 2.72. The number of imide groups is 1. The summed E-state index contributed by atoms with van der Waals surface area (Å²) in [5.74, 6) is -2.75. The Morgan fingerprint density at radius 3 is 2.67 bits per heavy atom. The monoisotopic (exact) mass is 395 g/mol. The van der Waals surface area contributed by atoms with Crippen molar-refractivity contribution < 1.29 is 28.8 Å². The zero-order valence-electron chi connectivity index (χ0n) is 15.6. The maximum Gasteiger partial charge on any atom is 0.368 e. The molecule has 2 N–H and O–H groups in total. The van der Waals surface area contributed by atoms with Crippen LogP contribution in [0.2, 0.25) is 0 Å². The summed E-state index contributed by atoms with van der Waals surface area (Å²) in [7, 11) is 1.42. The molecule has 0 bridgehead atoms. The highest BCUT2D eigenvalue weighted by molar-refractivity contribution is 7.98. The first-order valence-electron chi connectivity index (χ1n) is 8.97. The number of carbonyl (C=O) groups excluding carboxylic acids is 3. The van der Waals surface area contributed by atoms with Crippen LogP contribution in [-0.4, -0.2) is 53.9 Å². The Balaban J connectivity index is 2.14. The molecule has 1 aromatic carbocycles. The van der Waals surface area contributed by atoms with Crippen molar-refractivity contribution in [3.05, 3.63) is 35.6 Å². The number of fused-ring (bicyclic) bond motifs is 1. The van der Waals surface area contributed by atoms with E-state index in [0.717, 1.165) is 4.90 Å². The maximum absolute atomic E-state index is 14.5. The third kappa shape index (κ3) is 3.04. The van der Waals surface area contributed by atoms with Crippen molar-refractivity contribution >= 4 is 29.5 Å². The molecule has 2 aliphatic heterocycles. The zero-order valence-corrected chi connectivity index (χ0v) is 16.4. The Labute approximate surface area is 161 Å². The van der Waals surface area contributed by atoms with Crippen LogP contribution in [0.5, 0.6) is 0 Å². The number of thioether (sulfide) groups is 1. The zero-order chi connectivity index (χ0) is 19.8. The van der Waals surface area contributed by atoms with Gasteiger partial charge in [-0.25, -0.2) is 9.18 Å². The predicted molar refractivity (Wildman–Crippen MR) is 98.2 cm³/mol. The summed E-state index contributed by atoms with van der Waals surface area (Å²) in [4.78, 5) is 39.8. The largest absolute Gasteiger partial charge is 0.461 e. The van der Waals surface area contributed by atoms with Crippen LogP contribution in [0.15, 0.2) is 24.3 Å². The van der Waals surface area contributed by atoms with E-state index in [1.54, 1.807) is 42.2 Å². The van der Waals surface area contributed by atoms with Crippen LogP contribution in [0.25, 0.3) is 0 Å². The molecule has 27 heavy (non-hydrogen) atoms. The first-order chi connectivity index (χ1) is 12.9. The predicted octanol–water partition coefficient (Wildman–Crippen LogP) is 0.730. The lowest BCUT2D eigenvalue weighted by Gasteiger charge is -2.29. The van der Waals surface area contributed by atoms with Crippen LogP contribution in [0, 0.1) is 17.7 Å². The number of benzene rings is 1. The van der Waals surface area contributed by atoms with Crippen LogP contribution in [-0.2, 0) is 19.1 Å². The number of nitrogens with zero attached hydrogens (tertiary/aromatic N) is 1. The molecule has 0 radical (unpaired) electrons. The quantitative estimate of drug-likeness (QED) is 0.567. The van der Waals surface area contributed by atoms with Crippen molar-refractivity contribution in [2.75, 3.05) is 25.7 Å². The van der Waals surface area contributed by atoms with Crippen LogP contribution < -0.4 is 5.32 Å². The fourth-order valence-electron chi connectivity index (χ4n) is 4.37. The third-order valence-corrected chi connectivity index (χ3v) is 6.24. The van der Waals surface area contributed by atoms with Gasteiger partial charge in [0.2, 0.25) is 17.4 Å². The van der Waals surface area contributed by atoms with Gasteiger partial charge >= 0.3 is 5.97 Å². The van der Waals surface area contributed by atoms with Gasteiger partial charge in [0.1, 0.15) is 23.7 Å². The molecule has 0 saturated carbocycles. The van der Waals surface area contributed by atoms with Crippen molar-refractivity contribution in [1.82, 2.24) is 4.90 Å². The van der Waals surface area contributed by atoms with Gasteiger partial charge in [-0.3, -0.25) is 14.5 Å². The molecule has 2 amide bonds. The number of quaternary nitrogens is 1. The number of ether oxygens (including phenoxy) is 1. The third-order valence-electron chi connectivity index (χ3n) is 5.63. The first-order valence-corrected chi connectivity index (χ1v) is 10.4. The molecule has 1 aromatic rings. The van der Waals surface area contributed by atoms with E-state index < -0.39 is 41.1 Å². The number of halogens is 1. The average Bonchev–Trinajstić information content (AvgIpc) is 3.11. The van der Waals surface area contributed by atoms with E-state index in [1.807, 2.05) is 6.26 Å². The number of likely N-dealkylation sites (tertiary alicyclic amines) is 1. The molecule has 2 heterocycles. The minimum Gasteiger partial charge on any atom is -0.461 e. The van der Waals surface area contributed by atoms with E-state index >= 15 is 0 Å². The summed E-state index contributed by atoms with van der Waals surface area (Å²) in [5.41, 5.74) is -0.895. The lowest BCUT2D eigenvalue weighted by molar-refractivity contribution is -0.734. The van der Waals surface area contributed by atoms with Crippen molar-refractivity contribution in [3.8, 4) is 0 Å². The summed E-state index contributed by atoms with van der Waals surface area (Å²) >= 11 is 1.55. The normalized spacial score (nSPS) is 29.9. The first kappa shape index (κ1) is 19.8. The standard InChI is InChI=1S/C19H23FN2O4S/c1-4-26-18(25)19(9-10-27-3)14-13(16(23)22(2)17(14)24)15(21-19)11-7-5-6-8-12(11)20/h5-8,13-15,21H,4,9-10H2,1-3H3/p+1/t13-,14-,15-,19-/m0/s1. The number of amides is 2. The number of hydrogen-bond donors (Lipinski definition) is 1. The highest BCUT2D eigenvalue weighted by atomic mass is 32.2. The molecule has 0 aliphatic carbocycles. The Hall–Kier alpha value is -1.93. The van der Waals surface area contributed by atoms with E-state index in [2.05, 4.69) is 0 Å². The van der Waals surface area contributed by atoms with Crippen molar-refractivity contribution in [3.63, 3.8) is 0 Å². The van der Waals surface area contributed by atoms with Crippen LogP contribution in [0.1, 0.15) is 24.9 Å². The molecule has 2 saturated heterocycles. The van der Waals surface area contributed by atoms with E-state index in [-0.39, 0.29) is 12.5 Å². The van der Waals surface area contributed by atoms with Gasteiger partial charge in [-0.1, -0.05) is 18.2 Å². The number of rotatable bonds is 6. The van der Waals surface area contributed by atoms with Gasteiger partial charge in [-0.15, -0.1) is 0 Å². The summed E-state index contributed by atoms with van der Waals surface area (Å²) in [6.45, 7) is 1.88.